The van der Waals surface area contributed by atoms with Crippen LogP contribution in [0.2, 0.25) is 5.02 Å². The Hall–Kier alpha value is -2.37. The van der Waals surface area contributed by atoms with Gasteiger partial charge in [-0.2, -0.15) is 0 Å². The number of hydrogen-bond donors (Lipinski definition) is 1. The maximum Gasteiger partial charge on any atom is 0.0931 e. The van der Waals surface area contributed by atoms with E-state index in [2.05, 4.69) is 59.8 Å². The number of halogens is 1. The first-order valence-electron chi connectivity index (χ1n) is 8.82. The van der Waals surface area contributed by atoms with Gasteiger partial charge in [0.15, 0.2) is 0 Å². The summed E-state index contributed by atoms with van der Waals surface area (Å²) in [5, 5.41) is 5.38. The van der Waals surface area contributed by atoms with Crippen molar-refractivity contribution in [3.8, 4) is 11.8 Å². The minimum absolute atomic E-state index is 0.606. The fraction of sp³-hybridized carbons (Fsp3) is 0.273. The van der Waals surface area contributed by atoms with Crippen LogP contribution in [0, 0.1) is 11.8 Å². The van der Waals surface area contributed by atoms with Crippen molar-refractivity contribution >= 4 is 28.2 Å². The van der Waals surface area contributed by atoms with Gasteiger partial charge in [-0.3, -0.25) is 0 Å². The van der Waals surface area contributed by atoms with Crippen LogP contribution in [0.25, 0.3) is 10.9 Å². The first kappa shape index (κ1) is 17.5. The number of aromatic nitrogens is 1. The molecule has 1 aromatic heterocycles. The fourth-order valence-electron chi connectivity index (χ4n) is 3.13. The van der Waals surface area contributed by atoms with E-state index in [1.807, 2.05) is 24.3 Å². The number of anilines is 1. The molecule has 0 aliphatic carbocycles. The second kappa shape index (κ2) is 8.14. The SMILES string of the molecule is CCCc1cccc2c1cc(C#CCNc1ccc(Cl)cc1)n2CC. The third-order valence-corrected chi connectivity index (χ3v) is 4.57. The molecule has 128 valence electrons. The highest BCUT2D eigenvalue weighted by Gasteiger charge is 2.08. The molecule has 0 amide bonds. The molecule has 25 heavy (non-hydrogen) atoms. The van der Waals surface area contributed by atoms with Crippen LogP contribution in [0.1, 0.15) is 31.5 Å². The van der Waals surface area contributed by atoms with Crippen molar-refractivity contribution in [3.63, 3.8) is 0 Å². The summed E-state index contributed by atoms with van der Waals surface area (Å²) in [6.45, 7) is 5.92. The van der Waals surface area contributed by atoms with Crippen LogP contribution in [0.5, 0.6) is 0 Å². The molecule has 2 nitrogen and oxygen atoms in total. The number of fused-ring (bicyclic) bond motifs is 1. The standard InChI is InChI=1S/C22H23ClN2/c1-3-7-17-8-5-10-22-21(17)16-20(25(22)4-2)9-6-15-24-19-13-11-18(23)12-14-19/h5,8,10-14,16,24H,3-4,7,15H2,1-2H3. The number of aryl methyl sites for hydroxylation is 2. The summed E-state index contributed by atoms with van der Waals surface area (Å²) < 4.78 is 2.30. The largest absolute Gasteiger partial charge is 0.374 e. The molecule has 0 aliphatic rings. The molecule has 1 N–H and O–H groups in total. The lowest BCUT2D eigenvalue weighted by atomic mass is 10.1. The van der Waals surface area contributed by atoms with Crippen molar-refractivity contribution in [2.24, 2.45) is 0 Å². The van der Waals surface area contributed by atoms with Gasteiger partial charge in [-0.05, 0) is 61.2 Å². The maximum atomic E-state index is 5.90. The van der Waals surface area contributed by atoms with Gasteiger partial charge in [-0.1, -0.05) is 43.0 Å². The average Bonchev–Trinajstić information content (AvgIpc) is 2.99. The number of benzene rings is 2. The first-order chi connectivity index (χ1) is 12.2. The molecule has 2 aromatic carbocycles. The Morgan fingerprint density at radius 2 is 1.88 bits per heavy atom. The smallest absolute Gasteiger partial charge is 0.0931 e. The third kappa shape index (κ3) is 4.00. The van der Waals surface area contributed by atoms with Crippen molar-refractivity contribution < 1.29 is 0 Å². The quantitative estimate of drug-likeness (QED) is 0.581. The Morgan fingerprint density at radius 1 is 1.08 bits per heavy atom. The Labute approximate surface area is 154 Å². The van der Waals surface area contributed by atoms with Crippen molar-refractivity contribution in [3.05, 3.63) is 64.8 Å². The molecule has 3 aromatic rings. The monoisotopic (exact) mass is 350 g/mol. The Balaban J connectivity index is 1.81. The van der Waals surface area contributed by atoms with Crippen LogP contribution < -0.4 is 5.32 Å². The molecule has 0 atom stereocenters. The number of nitrogens with zero attached hydrogens (tertiary/aromatic N) is 1. The predicted octanol–water partition coefficient (Wildman–Crippen LogP) is 5.73. The van der Waals surface area contributed by atoms with E-state index in [9.17, 15) is 0 Å². The van der Waals surface area contributed by atoms with Crippen LogP contribution in [-0.4, -0.2) is 11.1 Å². The summed E-state index contributed by atoms with van der Waals surface area (Å²) in [6, 6.07) is 16.5. The lowest BCUT2D eigenvalue weighted by Crippen LogP contribution is -2.00. The van der Waals surface area contributed by atoms with Crippen molar-refractivity contribution in [2.45, 2.75) is 33.2 Å². The lowest BCUT2D eigenvalue weighted by molar-refractivity contribution is 0.787. The number of nitrogens with one attached hydrogen (secondary N) is 1. The van der Waals surface area contributed by atoms with Crippen LogP contribution >= 0.6 is 11.6 Å². The molecular weight excluding hydrogens is 328 g/mol. The fourth-order valence-corrected chi connectivity index (χ4v) is 3.25. The van der Waals surface area contributed by atoms with E-state index in [4.69, 9.17) is 11.6 Å². The summed E-state index contributed by atoms with van der Waals surface area (Å²) in [6.07, 6.45) is 2.26. The third-order valence-electron chi connectivity index (χ3n) is 4.31. The second-order valence-electron chi connectivity index (χ2n) is 6.04. The molecule has 1 heterocycles. The van der Waals surface area contributed by atoms with E-state index in [0.717, 1.165) is 35.8 Å². The first-order valence-corrected chi connectivity index (χ1v) is 9.20. The van der Waals surface area contributed by atoms with Gasteiger partial charge in [0.1, 0.15) is 0 Å². The van der Waals surface area contributed by atoms with Crippen molar-refractivity contribution in [1.29, 1.82) is 0 Å². The van der Waals surface area contributed by atoms with Crippen LogP contribution in [0.3, 0.4) is 0 Å². The zero-order valence-corrected chi connectivity index (χ0v) is 15.5. The van der Waals surface area contributed by atoms with Gasteiger partial charge in [0, 0.05) is 28.2 Å². The van der Waals surface area contributed by atoms with E-state index < -0.39 is 0 Å². The van der Waals surface area contributed by atoms with Crippen molar-refractivity contribution in [1.82, 2.24) is 4.57 Å². The Bertz CT molecular complexity index is 911. The van der Waals surface area contributed by atoms with Gasteiger partial charge >= 0.3 is 0 Å². The lowest BCUT2D eigenvalue weighted by Gasteiger charge is -2.05. The molecule has 0 saturated heterocycles. The predicted molar refractivity (Wildman–Crippen MR) is 108 cm³/mol. The molecule has 0 bridgehead atoms. The van der Waals surface area contributed by atoms with Gasteiger partial charge in [0.25, 0.3) is 0 Å². The van der Waals surface area contributed by atoms with Gasteiger partial charge in [-0.15, -0.1) is 0 Å². The summed E-state index contributed by atoms with van der Waals surface area (Å²) in [5.41, 5.74) is 4.80. The molecule has 0 aliphatic heterocycles. The van der Waals surface area contributed by atoms with E-state index in [0.29, 0.717) is 6.54 Å². The van der Waals surface area contributed by atoms with Crippen LogP contribution in [0.15, 0.2) is 48.5 Å². The molecule has 3 rings (SSSR count). The van der Waals surface area contributed by atoms with Gasteiger partial charge in [0.2, 0.25) is 0 Å². The van der Waals surface area contributed by atoms with E-state index in [1.165, 1.54) is 16.5 Å². The topological polar surface area (TPSA) is 17.0 Å². The van der Waals surface area contributed by atoms with Gasteiger partial charge < -0.3 is 9.88 Å². The van der Waals surface area contributed by atoms with E-state index >= 15 is 0 Å². The zero-order valence-electron chi connectivity index (χ0n) is 14.8. The molecule has 0 fully saturated rings. The van der Waals surface area contributed by atoms with Crippen LogP contribution in [-0.2, 0) is 13.0 Å². The highest BCUT2D eigenvalue weighted by atomic mass is 35.5. The number of rotatable bonds is 5. The molecule has 0 spiro atoms. The summed E-state index contributed by atoms with van der Waals surface area (Å²) in [7, 11) is 0. The van der Waals surface area contributed by atoms with Crippen LogP contribution in [0.4, 0.5) is 5.69 Å². The number of hydrogen-bond acceptors (Lipinski definition) is 1. The Morgan fingerprint density at radius 3 is 2.60 bits per heavy atom. The molecule has 0 radical (unpaired) electrons. The van der Waals surface area contributed by atoms with Gasteiger partial charge in [0.05, 0.1) is 12.2 Å². The maximum absolute atomic E-state index is 5.90. The normalized spacial score (nSPS) is 10.5. The second-order valence-corrected chi connectivity index (χ2v) is 6.47. The highest BCUT2D eigenvalue weighted by molar-refractivity contribution is 6.30. The highest BCUT2D eigenvalue weighted by Crippen LogP contribution is 2.24. The summed E-state index contributed by atoms with van der Waals surface area (Å²) in [5.74, 6) is 6.57. The van der Waals surface area contributed by atoms with E-state index in [-0.39, 0.29) is 0 Å². The Kier molecular flexibility index (Phi) is 5.68. The average molecular weight is 351 g/mol. The van der Waals surface area contributed by atoms with E-state index in [1.54, 1.807) is 0 Å². The molecule has 3 heteroatoms. The minimum Gasteiger partial charge on any atom is -0.374 e. The molecule has 0 unspecified atom stereocenters. The zero-order chi connectivity index (χ0) is 17.6. The summed E-state index contributed by atoms with van der Waals surface area (Å²) >= 11 is 5.90. The molecular formula is C22H23ClN2. The summed E-state index contributed by atoms with van der Waals surface area (Å²) in [4.78, 5) is 0. The van der Waals surface area contributed by atoms with Crippen molar-refractivity contribution in [2.75, 3.05) is 11.9 Å². The van der Waals surface area contributed by atoms with Gasteiger partial charge in [-0.25, -0.2) is 0 Å². The molecule has 0 saturated carbocycles. The minimum atomic E-state index is 0.606.